The zero-order valence-electron chi connectivity index (χ0n) is 31.2. The van der Waals surface area contributed by atoms with Crippen LogP contribution in [0, 0.1) is 12.3 Å². The molecule has 0 saturated carbocycles. The topological polar surface area (TPSA) is 42.2 Å². The first-order valence-electron chi connectivity index (χ1n) is 19.0. The van der Waals surface area contributed by atoms with Gasteiger partial charge in [-0.15, -0.1) is 6.42 Å². The quantitative estimate of drug-likeness (QED) is 0.121. The van der Waals surface area contributed by atoms with Crippen molar-refractivity contribution >= 4 is 66.6 Å². The summed E-state index contributed by atoms with van der Waals surface area (Å²) in [5.74, 6) is 3.47. The number of nitrogens with zero attached hydrogens (tertiary/aromatic N) is 3. The highest BCUT2D eigenvalue weighted by atomic mass is 16.3. The van der Waals surface area contributed by atoms with Crippen LogP contribution in [0.4, 0.5) is 17.1 Å². The molecule has 2 heterocycles. The lowest BCUT2D eigenvalue weighted by Crippen LogP contribution is -2.10. The van der Waals surface area contributed by atoms with Crippen LogP contribution in [-0.2, 0) is 0 Å². The van der Waals surface area contributed by atoms with Crippen LogP contribution in [0.15, 0.2) is 187 Å². The molecule has 0 amide bonds. The summed E-state index contributed by atoms with van der Waals surface area (Å²) in [7, 11) is 0. The molecule has 0 atom stereocenters. The van der Waals surface area contributed by atoms with Crippen LogP contribution in [0.1, 0.15) is 18.1 Å². The van der Waals surface area contributed by atoms with Crippen LogP contribution < -0.4 is 4.90 Å². The van der Waals surface area contributed by atoms with Gasteiger partial charge in [-0.05, 0) is 117 Å². The zero-order chi connectivity index (χ0) is 38.3. The maximum atomic E-state index is 6.49. The Morgan fingerprint density at radius 3 is 2.00 bits per heavy atom. The largest absolute Gasteiger partial charge is 0.435 e. The Morgan fingerprint density at radius 1 is 0.579 bits per heavy atom. The van der Waals surface area contributed by atoms with Gasteiger partial charge in [0.2, 0.25) is 5.89 Å². The van der Waals surface area contributed by atoms with Crippen LogP contribution in [0.25, 0.3) is 83.3 Å². The van der Waals surface area contributed by atoms with Crippen LogP contribution in [0.5, 0.6) is 0 Å². The van der Waals surface area contributed by atoms with Gasteiger partial charge in [0.25, 0.3) is 0 Å². The van der Waals surface area contributed by atoms with Gasteiger partial charge >= 0.3 is 0 Å². The molecule has 0 aliphatic heterocycles. The standard InChI is InChI=1S/C53H35N3O/c1-3-11-46-35(4-2)16-20-41-32-44(27-29-47(41)46)56(43-25-22-37(23-26-43)36-12-7-5-8-13-36)45-28-31-49(54-34-45)42-21-18-38-17-19-39-24-30-50-52(51(39)48(38)33-42)57-53(55-50)40-14-9-6-10-15-40/h2-3,5-34H,1H3/b11-3-. The smallest absolute Gasteiger partial charge is 0.227 e. The summed E-state index contributed by atoms with van der Waals surface area (Å²) in [5, 5.41) is 6.59. The lowest BCUT2D eigenvalue weighted by Gasteiger charge is -2.26. The number of terminal acetylenes is 1. The van der Waals surface area contributed by atoms with Crippen molar-refractivity contribution in [2.75, 3.05) is 4.90 Å². The van der Waals surface area contributed by atoms with E-state index in [1.165, 1.54) is 5.56 Å². The third-order valence-electron chi connectivity index (χ3n) is 10.7. The van der Waals surface area contributed by atoms with E-state index in [9.17, 15) is 0 Å². The molecule has 57 heavy (non-hydrogen) atoms. The summed E-state index contributed by atoms with van der Waals surface area (Å²) in [6, 6.07) is 59.2. The van der Waals surface area contributed by atoms with Crippen LogP contribution in [0.3, 0.4) is 0 Å². The van der Waals surface area contributed by atoms with E-state index < -0.39 is 0 Å². The molecule has 10 rings (SSSR count). The van der Waals surface area contributed by atoms with Crippen molar-refractivity contribution in [2.45, 2.75) is 6.92 Å². The Kier molecular flexibility index (Phi) is 8.39. The number of anilines is 3. The molecule has 4 nitrogen and oxygen atoms in total. The molecule has 4 heteroatoms. The summed E-state index contributed by atoms with van der Waals surface area (Å²) in [5.41, 5.74) is 11.7. The minimum absolute atomic E-state index is 0.616. The molecular formula is C53H35N3O. The highest BCUT2D eigenvalue weighted by Gasteiger charge is 2.17. The predicted molar refractivity (Wildman–Crippen MR) is 238 cm³/mol. The number of allylic oxidation sites excluding steroid dienone is 1. The first kappa shape index (κ1) is 33.8. The lowest BCUT2D eigenvalue weighted by molar-refractivity contribution is 0.623. The van der Waals surface area contributed by atoms with Crippen molar-refractivity contribution in [3.05, 3.63) is 193 Å². The van der Waals surface area contributed by atoms with Gasteiger partial charge in [0.15, 0.2) is 5.58 Å². The van der Waals surface area contributed by atoms with E-state index in [4.69, 9.17) is 20.8 Å². The highest BCUT2D eigenvalue weighted by molar-refractivity contribution is 6.18. The van der Waals surface area contributed by atoms with Gasteiger partial charge in [0.05, 0.1) is 17.6 Å². The number of benzene rings is 8. The molecule has 0 bridgehead atoms. The molecule has 0 fully saturated rings. The summed E-state index contributed by atoms with van der Waals surface area (Å²) in [6.45, 7) is 2.02. The number of pyridine rings is 1. The second-order valence-corrected chi connectivity index (χ2v) is 14.1. The van der Waals surface area contributed by atoms with Crippen LogP contribution >= 0.6 is 0 Å². The second-order valence-electron chi connectivity index (χ2n) is 14.1. The fourth-order valence-corrected chi connectivity index (χ4v) is 7.91. The third-order valence-corrected chi connectivity index (χ3v) is 10.7. The first-order valence-corrected chi connectivity index (χ1v) is 19.0. The fourth-order valence-electron chi connectivity index (χ4n) is 7.91. The maximum Gasteiger partial charge on any atom is 0.227 e. The van der Waals surface area contributed by atoms with Crippen molar-refractivity contribution < 1.29 is 4.42 Å². The number of hydrogen-bond acceptors (Lipinski definition) is 4. The molecule has 0 spiro atoms. The Bertz CT molecular complexity index is 3170. The number of aromatic nitrogens is 2. The lowest BCUT2D eigenvalue weighted by atomic mass is 9.97. The van der Waals surface area contributed by atoms with Gasteiger partial charge in [-0.25, -0.2) is 4.98 Å². The number of oxazole rings is 1. The predicted octanol–water partition coefficient (Wildman–Crippen LogP) is 14.2. The van der Waals surface area contributed by atoms with Crippen molar-refractivity contribution in [3.8, 4) is 46.2 Å². The number of hydrogen-bond donors (Lipinski definition) is 0. The monoisotopic (exact) mass is 729 g/mol. The number of rotatable bonds is 7. The Hall–Kier alpha value is -7.74. The van der Waals surface area contributed by atoms with Crippen molar-refractivity contribution in [1.82, 2.24) is 9.97 Å². The third kappa shape index (κ3) is 6.09. The van der Waals surface area contributed by atoms with Crippen molar-refractivity contribution in [1.29, 1.82) is 0 Å². The second kappa shape index (κ2) is 14.2. The van der Waals surface area contributed by atoms with E-state index in [0.717, 1.165) is 94.0 Å². The summed E-state index contributed by atoms with van der Waals surface area (Å²) in [6.07, 6.45) is 12.0. The minimum Gasteiger partial charge on any atom is -0.435 e. The van der Waals surface area contributed by atoms with E-state index in [-0.39, 0.29) is 0 Å². The van der Waals surface area contributed by atoms with Crippen molar-refractivity contribution in [2.24, 2.45) is 0 Å². The summed E-state index contributed by atoms with van der Waals surface area (Å²) >= 11 is 0. The molecule has 0 aliphatic rings. The molecule has 0 aliphatic carbocycles. The molecule has 268 valence electrons. The normalized spacial score (nSPS) is 11.5. The first-order chi connectivity index (χ1) is 28.1. The molecule has 10 aromatic rings. The fraction of sp³-hybridized carbons (Fsp3) is 0.0189. The average Bonchev–Trinajstić information content (AvgIpc) is 3.72. The Morgan fingerprint density at radius 2 is 1.25 bits per heavy atom. The van der Waals surface area contributed by atoms with E-state index in [1.54, 1.807) is 0 Å². The van der Waals surface area contributed by atoms with E-state index in [2.05, 4.69) is 138 Å². The van der Waals surface area contributed by atoms with Crippen LogP contribution in [-0.4, -0.2) is 9.97 Å². The Labute approximate surface area is 331 Å². The maximum absolute atomic E-state index is 6.49. The van der Waals surface area contributed by atoms with Gasteiger partial charge in [-0.3, -0.25) is 4.98 Å². The van der Waals surface area contributed by atoms with E-state index in [0.29, 0.717) is 5.89 Å². The summed E-state index contributed by atoms with van der Waals surface area (Å²) in [4.78, 5) is 12.2. The highest BCUT2D eigenvalue weighted by Crippen LogP contribution is 2.40. The average molecular weight is 730 g/mol. The molecule has 0 saturated heterocycles. The molecule has 0 unspecified atom stereocenters. The molecular weight excluding hydrogens is 695 g/mol. The molecule has 0 radical (unpaired) electrons. The zero-order valence-corrected chi connectivity index (χ0v) is 31.2. The van der Waals surface area contributed by atoms with Gasteiger partial charge in [-0.2, -0.15) is 0 Å². The van der Waals surface area contributed by atoms with Gasteiger partial charge in [0.1, 0.15) is 5.52 Å². The minimum atomic E-state index is 0.616. The van der Waals surface area contributed by atoms with Gasteiger partial charge in [0, 0.05) is 33.5 Å². The molecule has 8 aromatic carbocycles. The summed E-state index contributed by atoms with van der Waals surface area (Å²) < 4.78 is 6.49. The van der Waals surface area contributed by atoms with E-state index >= 15 is 0 Å². The Balaban J connectivity index is 1.07. The van der Waals surface area contributed by atoms with Gasteiger partial charge in [-0.1, -0.05) is 121 Å². The molecule has 0 N–H and O–H groups in total. The van der Waals surface area contributed by atoms with E-state index in [1.807, 2.05) is 67.7 Å². The van der Waals surface area contributed by atoms with Crippen LogP contribution in [0.2, 0.25) is 0 Å². The van der Waals surface area contributed by atoms with Crippen molar-refractivity contribution in [3.63, 3.8) is 0 Å². The van der Waals surface area contributed by atoms with Gasteiger partial charge < -0.3 is 9.32 Å². The molecule has 2 aromatic heterocycles. The SMILES string of the molecule is C#Cc1ccc2cc(N(c3ccc(-c4ccccc4)cc3)c3ccc(-c4ccc5ccc6ccc7nc(-c8ccccc8)oc7c6c5c4)nc3)ccc2c1/C=C\C. The number of fused-ring (bicyclic) bond motifs is 6.